The first-order valence-electron chi connectivity index (χ1n) is 6.55. The molecule has 0 saturated heterocycles. The minimum absolute atomic E-state index is 0.0887. The molecule has 1 unspecified atom stereocenters. The van der Waals surface area contributed by atoms with Crippen LogP contribution in [0.2, 0.25) is 0 Å². The Hall–Kier alpha value is -2.49. The van der Waals surface area contributed by atoms with Gasteiger partial charge in [-0.25, -0.2) is 9.18 Å². The lowest BCUT2D eigenvalue weighted by Crippen LogP contribution is -2.24. The number of carbonyl (C=O) groups excluding carboxylic acids is 2. The average Bonchev–Trinajstić information content (AvgIpc) is 2.50. The van der Waals surface area contributed by atoms with Gasteiger partial charge in [0.05, 0.1) is 5.56 Å². The van der Waals surface area contributed by atoms with Gasteiger partial charge in [-0.15, -0.1) is 0 Å². The van der Waals surface area contributed by atoms with Crippen LogP contribution in [0, 0.1) is 12.7 Å². The summed E-state index contributed by atoms with van der Waals surface area (Å²) in [5.41, 5.74) is 0.999. The molecule has 2 rings (SSSR count). The third-order valence-corrected chi connectivity index (χ3v) is 3.12. The second kappa shape index (κ2) is 6.31. The van der Waals surface area contributed by atoms with Crippen LogP contribution in [0.1, 0.15) is 33.2 Å². The van der Waals surface area contributed by atoms with E-state index in [-0.39, 0.29) is 11.3 Å². The van der Waals surface area contributed by atoms with Gasteiger partial charge in [-0.05, 0) is 31.5 Å². The number of carbonyl (C=O) groups is 2. The topological polar surface area (TPSA) is 43.4 Å². The van der Waals surface area contributed by atoms with Crippen LogP contribution in [0.3, 0.4) is 0 Å². The van der Waals surface area contributed by atoms with Gasteiger partial charge in [0.25, 0.3) is 0 Å². The standard InChI is InChI=1S/C17H15FO3/c1-11-8-9-14(10-15(11)18)17(20)21-12(2)16(19)13-6-4-3-5-7-13/h3-10,12H,1-2H3. The maximum absolute atomic E-state index is 13.4. The van der Waals surface area contributed by atoms with Gasteiger partial charge in [-0.2, -0.15) is 0 Å². The number of halogens is 1. The summed E-state index contributed by atoms with van der Waals surface area (Å²) in [6, 6.07) is 12.6. The number of hydrogen-bond acceptors (Lipinski definition) is 3. The van der Waals surface area contributed by atoms with Crippen molar-refractivity contribution in [3.05, 3.63) is 71.0 Å². The van der Waals surface area contributed by atoms with E-state index in [0.29, 0.717) is 11.1 Å². The van der Waals surface area contributed by atoms with Crippen molar-refractivity contribution in [3.63, 3.8) is 0 Å². The molecule has 0 N–H and O–H groups in total. The molecule has 1 atom stereocenters. The lowest BCUT2D eigenvalue weighted by atomic mass is 10.1. The van der Waals surface area contributed by atoms with E-state index in [9.17, 15) is 14.0 Å². The Labute approximate surface area is 122 Å². The average molecular weight is 286 g/mol. The highest BCUT2D eigenvalue weighted by Crippen LogP contribution is 2.13. The molecule has 2 aromatic rings. The molecule has 0 saturated carbocycles. The first-order chi connectivity index (χ1) is 9.99. The molecule has 0 heterocycles. The molecular weight excluding hydrogens is 271 g/mol. The van der Waals surface area contributed by atoms with Crippen molar-refractivity contribution in [1.29, 1.82) is 0 Å². The molecule has 108 valence electrons. The Morgan fingerprint density at radius 2 is 1.71 bits per heavy atom. The fourth-order valence-electron chi connectivity index (χ4n) is 1.84. The SMILES string of the molecule is Cc1ccc(C(=O)OC(C)C(=O)c2ccccc2)cc1F. The Kier molecular flexibility index (Phi) is 4.48. The van der Waals surface area contributed by atoms with Gasteiger partial charge in [0, 0.05) is 5.56 Å². The third-order valence-electron chi connectivity index (χ3n) is 3.12. The molecule has 0 radical (unpaired) electrons. The molecule has 0 amide bonds. The third kappa shape index (κ3) is 3.54. The second-order valence-electron chi connectivity index (χ2n) is 4.74. The van der Waals surface area contributed by atoms with Crippen LogP contribution in [-0.4, -0.2) is 17.9 Å². The number of ether oxygens (including phenoxy) is 1. The molecule has 21 heavy (non-hydrogen) atoms. The first-order valence-corrected chi connectivity index (χ1v) is 6.55. The van der Waals surface area contributed by atoms with E-state index in [4.69, 9.17) is 4.74 Å². The zero-order valence-corrected chi connectivity index (χ0v) is 11.8. The first kappa shape index (κ1) is 14.9. The molecule has 0 aliphatic heterocycles. The zero-order valence-electron chi connectivity index (χ0n) is 11.8. The molecule has 0 aliphatic rings. The van der Waals surface area contributed by atoms with Crippen molar-refractivity contribution < 1.29 is 18.7 Å². The van der Waals surface area contributed by atoms with E-state index in [0.717, 1.165) is 6.07 Å². The predicted molar refractivity (Wildman–Crippen MR) is 76.8 cm³/mol. The summed E-state index contributed by atoms with van der Waals surface area (Å²) in [6.07, 6.45) is -0.927. The summed E-state index contributed by atoms with van der Waals surface area (Å²) < 4.78 is 18.5. The van der Waals surface area contributed by atoms with E-state index in [1.807, 2.05) is 0 Å². The van der Waals surface area contributed by atoms with Gasteiger partial charge < -0.3 is 4.74 Å². The van der Waals surface area contributed by atoms with Crippen LogP contribution >= 0.6 is 0 Å². The van der Waals surface area contributed by atoms with Crippen LogP contribution < -0.4 is 0 Å². The van der Waals surface area contributed by atoms with Crippen LogP contribution in [-0.2, 0) is 4.74 Å². The highest BCUT2D eigenvalue weighted by molar-refractivity contribution is 6.01. The summed E-state index contributed by atoms with van der Waals surface area (Å²) >= 11 is 0. The van der Waals surface area contributed by atoms with Gasteiger partial charge in [-0.1, -0.05) is 36.4 Å². The molecule has 0 aromatic heterocycles. The van der Waals surface area contributed by atoms with Crippen molar-refractivity contribution in [1.82, 2.24) is 0 Å². The summed E-state index contributed by atoms with van der Waals surface area (Å²) in [5.74, 6) is -1.49. The number of esters is 1. The molecule has 3 nitrogen and oxygen atoms in total. The normalized spacial score (nSPS) is 11.8. The highest BCUT2D eigenvalue weighted by Gasteiger charge is 2.20. The van der Waals surface area contributed by atoms with E-state index < -0.39 is 17.9 Å². The minimum atomic E-state index is -0.927. The van der Waals surface area contributed by atoms with Gasteiger partial charge in [0.1, 0.15) is 5.82 Å². The summed E-state index contributed by atoms with van der Waals surface area (Å²) in [4.78, 5) is 24.0. The smallest absolute Gasteiger partial charge is 0.338 e. The van der Waals surface area contributed by atoms with Crippen molar-refractivity contribution in [2.45, 2.75) is 20.0 Å². The van der Waals surface area contributed by atoms with Crippen molar-refractivity contribution in [2.75, 3.05) is 0 Å². The number of Topliss-reactive ketones (excluding diaryl/α,β-unsaturated/α-hetero) is 1. The van der Waals surface area contributed by atoms with Crippen LogP contribution in [0.4, 0.5) is 4.39 Å². The molecular formula is C17H15FO3. The summed E-state index contributed by atoms with van der Waals surface area (Å²) in [6.45, 7) is 3.10. The van der Waals surface area contributed by atoms with Crippen molar-refractivity contribution in [3.8, 4) is 0 Å². The molecule has 0 spiro atoms. The summed E-state index contributed by atoms with van der Waals surface area (Å²) in [5, 5.41) is 0. The number of hydrogen-bond donors (Lipinski definition) is 0. The monoisotopic (exact) mass is 286 g/mol. The maximum Gasteiger partial charge on any atom is 0.338 e. The zero-order chi connectivity index (χ0) is 15.4. The molecule has 4 heteroatoms. The molecule has 2 aromatic carbocycles. The predicted octanol–water partition coefficient (Wildman–Crippen LogP) is 3.56. The minimum Gasteiger partial charge on any atom is -0.451 e. The number of ketones is 1. The van der Waals surface area contributed by atoms with Crippen LogP contribution in [0.5, 0.6) is 0 Å². The van der Waals surface area contributed by atoms with Gasteiger partial charge in [0.2, 0.25) is 5.78 Å². The van der Waals surface area contributed by atoms with Gasteiger partial charge in [0.15, 0.2) is 6.10 Å². The van der Waals surface area contributed by atoms with Gasteiger partial charge in [-0.3, -0.25) is 4.79 Å². The Morgan fingerprint density at radius 1 is 1.05 bits per heavy atom. The highest BCUT2D eigenvalue weighted by atomic mass is 19.1. The largest absolute Gasteiger partial charge is 0.451 e. The lowest BCUT2D eigenvalue weighted by Gasteiger charge is -2.12. The number of rotatable bonds is 4. The molecule has 0 fully saturated rings. The molecule has 0 bridgehead atoms. The van der Waals surface area contributed by atoms with E-state index in [2.05, 4.69) is 0 Å². The Morgan fingerprint density at radius 3 is 2.33 bits per heavy atom. The van der Waals surface area contributed by atoms with E-state index in [1.54, 1.807) is 37.3 Å². The number of aryl methyl sites for hydroxylation is 1. The summed E-state index contributed by atoms with van der Waals surface area (Å²) in [7, 11) is 0. The Bertz CT molecular complexity index is 665. The number of benzene rings is 2. The molecule has 0 aliphatic carbocycles. The fourth-order valence-corrected chi connectivity index (χ4v) is 1.84. The quantitative estimate of drug-likeness (QED) is 0.637. The van der Waals surface area contributed by atoms with E-state index in [1.165, 1.54) is 19.1 Å². The van der Waals surface area contributed by atoms with E-state index >= 15 is 0 Å². The van der Waals surface area contributed by atoms with Crippen LogP contribution in [0.15, 0.2) is 48.5 Å². The second-order valence-corrected chi connectivity index (χ2v) is 4.74. The van der Waals surface area contributed by atoms with Gasteiger partial charge >= 0.3 is 5.97 Å². The van der Waals surface area contributed by atoms with Crippen molar-refractivity contribution in [2.24, 2.45) is 0 Å². The van der Waals surface area contributed by atoms with Crippen molar-refractivity contribution >= 4 is 11.8 Å². The fraction of sp³-hybridized carbons (Fsp3) is 0.176. The Balaban J connectivity index is 2.08. The lowest BCUT2D eigenvalue weighted by molar-refractivity contribution is 0.0318. The maximum atomic E-state index is 13.4. The van der Waals surface area contributed by atoms with Crippen LogP contribution in [0.25, 0.3) is 0 Å².